The van der Waals surface area contributed by atoms with Gasteiger partial charge in [0, 0.05) is 17.1 Å². The number of hydrogen-bond acceptors (Lipinski definition) is 1. The third-order valence-electron chi connectivity index (χ3n) is 12.6. The van der Waals surface area contributed by atoms with Crippen molar-refractivity contribution in [1.82, 2.24) is 0 Å². The van der Waals surface area contributed by atoms with E-state index in [0.29, 0.717) is 0 Å². The zero-order valence-corrected chi connectivity index (χ0v) is 34.3. The fourth-order valence-electron chi connectivity index (χ4n) is 9.60. The minimum Gasteiger partial charge on any atom is -0.311 e. The van der Waals surface area contributed by atoms with E-state index in [1.807, 2.05) is 0 Å². The van der Waals surface area contributed by atoms with Crippen LogP contribution in [0, 0.1) is 0 Å². The maximum absolute atomic E-state index is 2.45. The van der Waals surface area contributed by atoms with Crippen LogP contribution in [-0.4, -0.2) is 0 Å². The minimum atomic E-state index is -0.511. The van der Waals surface area contributed by atoms with Gasteiger partial charge in [0.15, 0.2) is 0 Å². The maximum atomic E-state index is 2.45. The van der Waals surface area contributed by atoms with Crippen LogP contribution >= 0.6 is 0 Å². The Morgan fingerprint density at radius 1 is 0.226 bits per heavy atom. The highest BCUT2D eigenvalue weighted by molar-refractivity contribution is 5.90. The van der Waals surface area contributed by atoms with Crippen LogP contribution in [0.5, 0.6) is 0 Å². The molecule has 11 rings (SSSR count). The molecule has 0 saturated heterocycles. The summed E-state index contributed by atoms with van der Waals surface area (Å²) < 4.78 is 0. The van der Waals surface area contributed by atoms with Gasteiger partial charge in [-0.15, -0.1) is 0 Å². The van der Waals surface area contributed by atoms with E-state index in [-0.39, 0.29) is 0 Å². The molecule has 0 unspecified atom stereocenters. The highest BCUT2D eigenvalue weighted by atomic mass is 15.1. The third-order valence-corrected chi connectivity index (χ3v) is 12.6. The first-order chi connectivity index (χ1) is 30.7. The molecule has 0 heterocycles. The second-order valence-electron chi connectivity index (χ2n) is 16.1. The lowest BCUT2D eigenvalue weighted by molar-refractivity contribution is 0.769. The van der Waals surface area contributed by atoms with Gasteiger partial charge >= 0.3 is 0 Å². The Labute approximate surface area is 364 Å². The molecule has 0 spiro atoms. The van der Waals surface area contributed by atoms with Crippen molar-refractivity contribution in [1.29, 1.82) is 0 Å². The molecule has 0 bridgehead atoms. The standard InChI is InChI=1S/C61H43N/c1-6-16-44(17-7-1)47-26-34-54(35-27-47)62(55-36-28-48(29-37-55)45-18-8-2-9-19-45)56-38-30-49(31-39-56)51-33-41-58-57-40-32-50(46-20-10-3-11-21-46)42-59(57)61(60(58)43-51,52-22-12-4-13-23-52)53-24-14-5-15-25-53/h1-43H. The number of rotatable bonds is 9. The SMILES string of the molecule is c1ccc(-c2ccc(N(c3ccc(-c4ccccc4)cc3)c3ccc(-c4ccc5c(c4)C(c4ccccc4)(c4ccccc4)c4cc(-c6ccccc6)ccc4-5)cc3)cc2)cc1. The van der Waals surface area contributed by atoms with Gasteiger partial charge in [-0.1, -0.05) is 212 Å². The van der Waals surface area contributed by atoms with E-state index in [1.54, 1.807) is 0 Å². The molecule has 62 heavy (non-hydrogen) atoms. The van der Waals surface area contributed by atoms with Gasteiger partial charge in [-0.3, -0.25) is 0 Å². The van der Waals surface area contributed by atoms with Crippen molar-refractivity contribution in [2.75, 3.05) is 4.90 Å². The lowest BCUT2D eigenvalue weighted by Gasteiger charge is -2.34. The average molecular weight is 790 g/mol. The summed E-state index contributed by atoms with van der Waals surface area (Å²) in [5.74, 6) is 0. The van der Waals surface area contributed by atoms with Gasteiger partial charge in [0.05, 0.1) is 5.41 Å². The smallest absolute Gasteiger partial charge is 0.0713 e. The molecule has 0 N–H and O–H groups in total. The monoisotopic (exact) mass is 789 g/mol. The summed E-state index contributed by atoms with van der Waals surface area (Å²) in [5.41, 5.74) is 20.1. The van der Waals surface area contributed by atoms with E-state index in [4.69, 9.17) is 0 Å². The zero-order chi connectivity index (χ0) is 41.3. The fourth-order valence-corrected chi connectivity index (χ4v) is 9.60. The summed E-state index contributed by atoms with van der Waals surface area (Å²) in [6.45, 7) is 0. The van der Waals surface area contributed by atoms with E-state index < -0.39 is 5.41 Å². The van der Waals surface area contributed by atoms with Crippen LogP contribution in [0.4, 0.5) is 17.1 Å². The minimum absolute atomic E-state index is 0.511. The average Bonchev–Trinajstić information content (AvgIpc) is 3.66. The Kier molecular flexibility index (Phi) is 9.48. The van der Waals surface area contributed by atoms with Crippen molar-refractivity contribution in [3.05, 3.63) is 283 Å². The highest BCUT2D eigenvalue weighted by Crippen LogP contribution is 2.57. The Hall–Kier alpha value is -8.00. The highest BCUT2D eigenvalue weighted by Gasteiger charge is 2.46. The molecule has 292 valence electrons. The third kappa shape index (κ3) is 6.52. The van der Waals surface area contributed by atoms with Crippen LogP contribution in [0.25, 0.3) is 55.6 Å². The second kappa shape index (κ2) is 15.9. The fraction of sp³-hybridized carbons (Fsp3) is 0.0164. The van der Waals surface area contributed by atoms with E-state index in [0.717, 1.165) is 17.1 Å². The Morgan fingerprint density at radius 2 is 0.484 bits per heavy atom. The molecule has 0 amide bonds. The molecule has 0 saturated carbocycles. The van der Waals surface area contributed by atoms with E-state index in [2.05, 4.69) is 266 Å². The first-order valence-electron chi connectivity index (χ1n) is 21.4. The molecule has 1 aliphatic rings. The summed E-state index contributed by atoms with van der Waals surface area (Å²) in [6, 6.07) is 95.1. The van der Waals surface area contributed by atoms with Gasteiger partial charge in [0.25, 0.3) is 0 Å². The van der Waals surface area contributed by atoms with Gasteiger partial charge in [-0.25, -0.2) is 0 Å². The van der Waals surface area contributed by atoms with Crippen molar-refractivity contribution in [3.63, 3.8) is 0 Å². The van der Waals surface area contributed by atoms with Crippen LogP contribution < -0.4 is 4.90 Å². The van der Waals surface area contributed by atoms with Crippen molar-refractivity contribution in [3.8, 4) is 55.6 Å². The van der Waals surface area contributed by atoms with Crippen molar-refractivity contribution >= 4 is 17.1 Å². The molecule has 10 aromatic rings. The van der Waals surface area contributed by atoms with Crippen molar-refractivity contribution < 1.29 is 0 Å². The van der Waals surface area contributed by atoms with E-state index >= 15 is 0 Å². The molecule has 10 aromatic carbocycles. The molecular formula is C61H43N. The molecule has 1 heteroatoms. The molecule has 0 radical (unpaired) electrons. The number of fused-ring (bicyclic) bond motifs is 3. The van der Waals surface area contributed by atoms with Crippen molar-refractivity contribution in [2.24, 2.45) is 0 Å². The Balaban J connectivity index is 1.02. The first-order valence-corrected chi connectivity index (χ1v) is 21.4. The van der Waals surface area contributed by atoms with E-state index in [9.17, 15) is 0 Å². The molecule has 0 aliphatic heterocycles. The van der Waals surface area contributed by atoms with Gasteiger partial charge < -0.3 is 4.90 Å². The molecule has 0 fully saturated rings. The quantitative estimate of drug-likeness (QED) is 0.141. The predicted molar refractivity (Wildman–Crippen MR) is 260 cm³/mol. The normalized spacial score (nSPS) is 12.3. The van der Waals surface area contributed by atoms with Gasteiger partial charge in [-0.05, 0) is 126 Å². The summed E-state index contributed by atoms with van der Waals surface area (Å²) in [5, 5.41) is 0. The largest absolute Gasteiger partial charge is 0.311 e. The molecule has 0 aromatic heterocycles. The van der Waals surface area contributed by atoms with Gasteiger partial charge in [-0.2, -0.15) is 0 Å². The zero-order valence-electron chi connectivity index (χ0n) is 34.3. The molecule has 1 nitrogen and oxygen atoms in total. The van der Waals surface area contributed by atoms with Crippen molar-refractivity contribution in [2.45, 2.75) is 5.41 Å². The number of anilines is 3. The summed E-state index contributed by atoms with van der Waals surface area (Å²) in [6.07, 6.45) is 0. The predicted octanol–water partition coefficient (Wildman–Crippen LogP) is 16.2. The molecular weight excluding hydrogens is 747 g/mol. The first kappa shape index (κ1) is 37.0. The Bertz CT molecular complexity index is 2980. The number of hydrogen-bond donors (Lipinski definition) is 0. The number of nitrogens with zero attached hydrogens (tertiary/aromatic N) is 1. The summed E-state index contributed by atoms with van der Waals surface area (Å²) in [7, 11) is 0. The topological polar surface area (TPSA) is 3.24 Å². The van der Waals surface area contributed by atoms with E-state index in [1.165, 1.54) is 77.9 Å². The molecule has 0 atom stereocenters. The summed E-state index contributed by atoms with van der Waals surface area (Å²) in [4.78, 5) is 2.35. The van der Waals surface area contributed by atoms with Crippen LogP contribution in [0.15, 0.2) is 261 Å². The van der Waals surface area contributed by atoms with Gasteiger partial charge in [0.1, 0.15) is 0 Å². The summed E-state index contributed by atoms with van der Waals surface area (Å²) >= 11 is 0. The lowest BCUT2D eigenvalue weighted by Crippen LogP contribution is -2.28. The Morgan fingerprint density at radius 3 is 0.823 bits per heavy atom. The maximum Gasteiger partial charge on any atom is 0.0713 e. The van der Waals surface area contributed by atoms with Crippen LogP contribution in [0.1, 0.15) is 22.3 Å². The van der Waals surface area contributed by atoms with Gasteiger partial charge in [0.2, 0.25) is 0 Å². The van der Waals surface area contributed by atoms with Crippen LogP contribution in [-0.2, 0) is 5.41 Å². The lowest BCUT2D eigenvalue weighted by atomic mass is 9.67. The second-order valence-corrected chi connectivity index (χ2v) is 16.1. The molecule has 1 aliphatic carbocycles. The van der Waals surface area contributed by atoms with Crippen LogP contribution in [0.3, 0.4) is 0 Å². The van der Waals surface area contributed by atoms with Crippen LogP contribution in [0.2, 0.25) is 0 Å². The number of benzene rings is 10.